The summed E-state index contributed by atoms with van der Waals surface area (Å²) < 4.78 is 0. The Kier molecular flexibility index (Phi) is 6.57. The molecule has 1 atom stereocenters. The summed E-state index contributed by atoms with van der Waals surface area (Å²) in [4.78, 5) is 15.7. The highest BCUT2D eigenvalue weighted by molar-refractivity contribution is 5.94. The number of ketones is 1. The van der Waals surface area contributed by atoms with Crippen LogP contribution in [0.3, 0.4) is 0 Å². The van der Waals surface area contributed by atoms with E-state index in [-0.39, 0.29) is 12.4 Å². The van der Waals surface area contributed by atoms with Crippen LogP contribution in [0.2, 0.25) is 0 Å². The van der Waals surface area contributed by atoms with Crippen LogP contribution in [0.5, 0.6) is 0 Å². The van der Waals surface area contributed by atoms with Crippen LogP contribution in [0.15, 0.2) is 30.3 Å². The van der Waals surface area contributed by atoms with Gasteiger partial charge in [-0.15, -0.1) is 0 Å². The van der Waals surface area contributed by atoms with Crippen LogP contribution in [0, 0.1) is 13.8 Å². The molecule has 2 rings (SSSR count). The molecule has 0 unspecified atom stereocenters. The molecule has 4 heteroatoms. The molecule has 1 aromatic carbocycles. The highest BCUT2D eigenvalue weighted by Gasteiger charge is 2.18. The van der Waals surface area contributed by atoms with Crippen LogP contribution in [0.4, 0.5) is 0 Å². The molecule has 0 radical (unpaired) electrons. The lowest BCUT2D eigenvalue weighted by Crippen LogP contribution is -2.40. The molecule has 4 N–H and O–H groups in total. The number of Topliss-reactive ketones (excluding diaryl/α,β-unsaturated/α-hetero) is 1. The van der Waals surface area contributed by atoms with Gasteiger partial charge < -0.3 is 15.8 Å². The van der Waals surface area contributed by atoms with Gasteiger partial charge >= 0.3 is 0 Å². The molecule has 2 aromatic rings. The minimum atomic E-state index is -0.588. The predicted molar refractivity (Wildman–Crippen MR) is 102 cm³/mol. The standard InChI is InChI=1S/C21H30N2O2/c1-15-7-9-17(10-8-15)5-4-6-20(25)19-13-16(2)18(23-19)11-12-21(3,22)14-24/h7-10,13,23-24H,4-6,11-12,14,22H2,1-3H3/t21-/m1/s1. The summed E-state index contributed by atoms with van der Waals surface area (Å²) in [6.45, 7) is 5.87. The van der Waals surface area contributed by atoms with Crippen LogP contribution in [-0.2, 0) is 12.8 Å². The number of hydrogen-bond acceptors (Lipinski definition) is 3. The first-order valence-corrected chi connectivity index (χ1v) is 8.98. The Morgan fingerprint density at radius 3 is 2.52 bits per heavy atom. The van der Waals surface area contributed by atoms with Gasteiger partial charge in [-0.3, -0.25) is 4.79 Å². The quantitative estimate of drug-likeness (QED) is 0.610. The lowest BCUT2D eigenvalue weighted by atomic mass is 9.96. The fourth-order valence-electron chi connectivity index (χ4n) is 2.84. The number of H-pyrrole nitrogens is 1. The van der Waals surface area contributed by atoms with E-state index in [1.165, 1.54) is 11.1 Å². The van der Waals surface area contributed by atoms with Crippen LogP contribution in [0.25, 0.3) is 0 Å². The molecule has 0 aliphatic rings. The van der Waals surface area contributed by atoms with Crippen molar-refractivity contribution in [2.75, 3.05) is 6.61 Å². The number of benzene rings is 1. The van der Waals surface area contributed by atoms with Crippen molar-refractivity contribution in [3.8, 4) is 0 Å². The predicted octanol–water partition coefficient (Wildman–Crippen LogP) is 3.48. The average molecular weight is 342 g/mol. The first-order chi connectivity index (χ1) is 11.8. The Balaban J connectivity index is 1.87. The summed E-state index contributed by atoms with van der Waals surface area (Å²) in [5.41, 5.74) is 10.7. The second-order valence-electron chi connectivity index (χ2n) is 7.42. The van der Waals surface area contributed by atoms with Crippen LogP contribution < -0.4 is 5.73 Å². The maximum atomic E-state index is 12.4. The lowest BCUT2D eigenvalue weighted by Gasteiger charge is -2.21. The van der Waals surface area contributed by atoms with E-state index in [4.69, 9.17) is 5.73 Å². The molecule has 1 aromatic heterocycles. The molecule has 1 heterocycles. The van der Waals surface area contributed by atoms with E-state index in [9.17, 15) is 9.90 Å². The van der Waals surface area contributed by atoms with Crippen molar-refractivity contribution in [2.24, 2.45) is 5.73 Å². The monoisotopic (exact) mass is 342 g/mol. The number of carbonyl (C=O) groups is 1. The van der Waals surface area contributed by atoms with Gasteiger partial charge in [-0.25, -0.2) is 0 Å². The summed E-state index contributed by atoms with van der Waals surface area (Å²) in [6, 6.07) is 10.4. The fourth-order valence-corrected chi connectivity index (χ4v) is 2.84. The third kappa shape index (κ3) is 5.83. The number of hydrogen-bond donors (Lipinski definition) is 3. The molecule has 0 fully saturated rings. The first kappa shape index (κ1) is 19.4. The van der Waals surface area contributed by atoms with Crippen molar-refractivity contribution >= 4 is 5.78 Å². The molecular weight excluding hydrogens is 312 g/mol. The van der Waals surface area contributed by atoms with E-state index < -0.39 is 5.54 Å². The second-order valence-corrected chi connectivity index (χ2v) is 7.42. The summed E-state index contributed by atoms with van der Waals surface area (Å²) in [6.07, 6.45) is 3.71. The van der Waals surface area contributed by atoms with Gasteiger partial charge in [-0.2, -0.15) is 0 Å². The van der Waals surface area contributed by atoms with Crippen LogP contribution in [-0.4, -0.2) is 28.0 Å². The molecule has 25 heavy (non-hydrogen) atoms. The van der Waals surface area contributed by atoms with Gasteiger partial charge in [0.1, 0.15) is 0 Å². The summed E-state index contributed by atoms with van der Waals surface area (Å²) in [7, 11) is 0. The zero-order valence-electron chi connectivity index (χ0n) is 15.6. The van der Waals surface area contributed by atoms with Gasteiger partial charge in [-0.1, -0.05) is 29.8 Å². The molecule has 0 saturated heterocycles. The normalized spacial score (nSPS) is 13.6. The van der Waals surface area contributed by atoms with Crippen molar-refractivity contribution in [1.82, 2.24) is 4.98 Å². The zero-order valence-corrected chi connectivity index (χ0v) is 15.6. The third-order valence-electron chi connectivity index (χ3n) is 4.72. The van der Waals surface area contributed by atoms with Crippen molar-refractivity contribution in [2.45, 2.75) is 58.4 Å². The summed E-state index contributed by atoms with van der Waals surface area (Å²) >= 11 is 0. The topological polar surface area (TPSA) is 79.1 Å². The average Bonchev–Trinajstić information content (AvgIpc) is 2.96. The Morgan fingerprint density at radius 1 is 1.20 bits per heavy atom. The highest BCUT2D eigenvalue weighted by Crippen LogP contribution is 2.17. The molecule has 136 valence electrons. The minimum Gasteiger partial charge on any atom is -0.394 e. The van der Waals surface area contributed by atoms with Crippen molar-refractivity contribution in [1.29, 1.82) is 0 Å². The van der Waals surface area contributed by atoms with Crippen molar-refractivity contribution in [3.63, 3.8) is 0 Å². The molecule has 0 spiro atoms. The molecule has 0 saturated carbocycles. The number of nitrogens with one attached hydrogen (secondary N) is 1. The van der Waals surface area contributed by atoms with Crippen molar-refractivity contribution < 1.29 is 9.90 Å². The SMILES string of the molecule is Cc1ccc(CCCC(=O)c2cc(C)c(CC[C@@](C)(N)CO)[nH]2)cc1. The van der Waals surface area contributed by atoms with E-state index in [0.29, 0.717) is 18.5 Å². The molecule has 0 bridgehead atoms. The van der Waals surface area contributed by atoms with E-state index in [0.717, 1.165) is 30.5 Å². The van der Waals surface area contributed by atoms with Gasteiger partial charge in [0.05, 0.1) is 12.3 Å². The van der Waals surface area contributed by atoms with E-state index >= 15 is 0 Å². The zero-order chi connectivity index (χ0) is 18.4. The van der Waals surface area contributed by atoms with Gasteiger partial charge in [-0.05, 0) is 63.6 Å². The third-order valence-corrected chi connectivity index (χ3v) is 4.72. The van der Waals surface area contributed by atoms with E-state index in [1.54, 1.807) is 0 Å². The fraction of sp³-hybridized carbons (Fsp3) is 0.476. The number of aryl methyl sites for hydroxylation is 4. The number of carbonyl (C=O) groups excluding carboxylic acids is 1. The Morgan fingerprint density at radius 2 is 1.88 bits per heavy atom. The molecule has 0 amide bonds. The number of aliphatic hydroxyl groups excluding tert-OH is 1. The van der Waals surface area contributed by atoms with Crippen LogP contribution in [0.1, 0.15) is 59.1 Å². The van der Waals surface area contributed by atoms with Gasteiger partial charge in [0.15, 0.2) is 5.78 Å². The first-order valence-electron chi connectivity index (χ1n) is 8.98. The van der Waals surface area contributed by atoms with Crippen molar-refractivity contribution in [3.05, 3.63) is 58.4 Å². The van der Waals surface area contributed by atoms with Gasteiger partial charge in [0, 0.05) is 17.7 Å². The van der Waals surface area contributed by atoms with E-state index in [1.807, 2.05) is 19.9 Å². The maximum Gasteiger partial charge on any atom is 0.179 e. The lowest BCUT2D eigenvalue weighted by molar-refractivity contribution is 0.0976. The van der Waals surface area contributed by atoms with Gasteiger partial charge in [0.25, 0.3) is 0 Å². The molecular formula is C21H30N2O2. The molecule has 0 aliphatic carbocycles. The summed E-state index contributed by atoms with van der Waals surface area (Å²) in [5.74, 6) is 0.152. The second kappa shape index (κ2) is 8.45. The Labute approximate surface area is 150 Å². The molecule has 0 aliphatic heterocycles. The maximum absolute atomic E-state index is 12.4. The number of aromatic nitrogens is 1. The number of aliphatic hydroxyl groups is 1. The molecule has 4 nitrogen and oxygen atoms in total. The Bertz CT molecular complexity index is 699. The minimum absolute atomic E-state index is 0.0441. The summed E-state index contributed by atoms with van der Waals surface area (Å²) in [5, 5.41) is 9.25. The highest BCUT2D eigenvalue weighted by atomic mass is 16.3. The van der Waals surface area contributed by atoms with Gasteiger partial charge in [0.2, 0.25) is 0 Å². The number of nitrogens with two attached hydrogens (primary N) is 1. The number of aromatic amines is 1. The van der Waals surface area contributed by atoms with E-state index in [2.05, 4.69) is 36.2 Å². The number of rotatable bonds is 9. The largest absolute Gasteiger partial charge is 0.394 e. The Hall–Kier alpha value is -1.91. The smallest absolute Gasteiger partial charge is 0.179 e. The van der Waals surface area contributed by atoms with Crippen LogP contribution >= 0.6 is 0 Å².